The van der Waals surface area contributed by atoms with Gasteiger partial charge in [0.25, 0.3) is 0 Å². The summed E-state index contributed by atoms with van der Waals surface area (Å²) in [4.78, 5) is 10.4. The van der Waals surface area contributed by atoms with Gasteiger partial charge in [-0.2, -0.15) is 0 Å². The van der Waals surface area contributed by atoms with Crippen LogP contribution in [0.2, 0.25) is 0 Å². The van der Waals surface area contributed by atoms with E-state index in [0.717, 1.165) is 27.6 Å². The SMILES string of the molecule is c1ccc(-n2c3ccccc3c3cc(-c4ccc5sc6c(cc7c8nc9ccccc9nc8n8c9ccccc9c6c78)c5c4)ccc32)cc1. The lowest BCUT2D eigenvalue weighted by molar-refractivity contribution is 1.18. The lowest BCUT2D eigenvalue weighted by Crippen LogP contribution is -1.92. The van der Waals surface area contributed by atoms with Crippen LogP contribution in [0.3, 0.4) is 0 Å². The minimum absolute atomic E-state index is 0.917. The van der Waals surface area contributed by atoms with E-state index in [1.807, 2.05) is 23.5 Å². The molecule has 0 fully saturated rings. The standard InChI is InChI=1S/C44H24N4S/c1-2-10-27(11-3-1)47-36-16-8-4-12-28(36)30-22-25(18-20-38(30)47)26-19-21-39-31(23-26)32-24-33-41-44(46-35-15-7-6-14-34(35)45-41)48-37-17-9-5-13-29(37)40(42(33)48)43(32)49-39/h1-24H. The number of para-hydroxylation sites is 5. The van der Waals surface area contributed by atoms with Crippen LogP contribution in [0.1, 0.15) is 0 Å². The number of rotatable bonds is 2. The Morgan fingerprint density at radius 2 is 1.14 bits per heavy atom. The molecule has 12 rings (SSSR count). The van der Waals surface area contributed by atoms with E-state index >= 15 is 0 Å². The van der Waals surface area contributed by atoms with Gasteiger partial charge in [0.05, 0.1) is 33.1 Å². The third-order valence-corrected chi connectivity index (χ3v) is 11.6. The fraction of sp³-hybridized carbons (Fsp3) is 0. The summed E-state index contributed by atoms with van der Waals surface area (Å²) in [5.41, 5.74) is 12.2. The number of hydrogen-bond acceptors (Lipinski definition) is 3. The zero-order valence-electron chi connectivity index (χ0n) is 26.1. The van der Waals surface area contributed by atoms with E-state index in [9.17, 15) is 0 Å². The lowest BCUT2D eigenvalue weighted by Gasteiger charge is -2.08. The van der Waals surface area contributed by atoms with Crippen molar-refractivity contribution >= 4 is 103 Å². The second-order valence-corrected chi connectivity index (χ2v) is 14.0. The van der Waals surface area contributed by atoms with E-state index in [4.69, 9.17) is 9.97 Å². The second kappa shape index (κ2) is 9.19. The highest BCUT2D eigenvalue weighted by molar-refractivity contribution is 7.26. The zero-order chi connectivity index (χ0) is 31.8. The lowest BCUT2D eigenvalue weighted by atomic mass is 9.99. The topological polar surface area (TPSA) is 35.1 Å². The van der Waals surface area contributed by atoms with E-state index in [0.29, 0.717) is 0 Å². The van der Waals surface area contributed by atoms with Gasteiger partial charge in [0, 0.05) is 52.8 Å². The molecule has 0 aliphatic heterocycles. The highest BCUT2D eigenvalue weighted by Gasteiger charge is 2.24. The van der Waals surface area contributed by atoms with E-state index < -0.39 is 0 Å². The van der Waals surface area contributed by atoms with Crippen LogP contribution in [-0.2, 0) is 0 Å². The van der Waals surface area contributed by atoms with Crippen LogP contribution >= 0.6 is 11.3 Å². The van der Waals surface area contributed by atoms with Gasteiger partial charge in [-0.15, -0.1) is 11.3 Å². The van der Waals surface area contributed by atoms with Crippen molar-refractivity contribution in [1.82, 2.24) is 18.9 Å². The van der Waals surface area contributed by atoms with Gasteiger partial charge in [-0.05, 0) is 77.9 Å². The predicted octanol–water partition coefficient (Wildman–Crippen LogP) is 11.9. The third-order valence-electron chi connectivity index (χ3n) is 10.4. The Balaban J connectivity index is 1.14. The Morgan fingerprint density at radius 3 is 2.00 bits per heavy atom. The summed E-state index contributed by atoms with van der Waals surface area (Å²) in [5, 5.41) is 8.80. The largest absolute Gasteiger partial charge is 0.309 e. The normalized spacial score (nSPS) is 12.5. The molecule has 0 aliphatic rings. The van der Waals surface area contributed by atoms with Crippen molar-refractivity contribution in [3.63, 3.8) is 0 Å². The molecule has 7 aromatic carbocycles. The van der Waals surface area contributed by atoms with Crippen molar-refractivity contribution in [3.05, 3.63) is 146 Å². The van der Waals surface area contributed by atoms with E-state index in [-0.39, 0.29) is 0 Å². The summed E-state index contributed by atoms with van der Waals surface area (Å²) in [6.45, 7) is 0. The molecule has 0 spiro atoms. The van der Waals surface area contributed by atoms with Crippen molar-refractivity contribution in [2.45, 2.75) is 0 Å². The van der Waals surface area contributed by atoms with Crippen LogP contribution in [0, 0.1) is 0 Å². The molecule has 0 unspecified atom stereocenters. The maximum absolute atomic E-state index is 5.21. The number of nitrogens with zero attached hydrogens (tertiary/aromatic N) is 4. The first-order valence-electron chi connectivity index (χ1n) is 16.6. The van der Waals surface area contributed by atoms with Crippen LogP contribution in [-0.4, -0.2) is 18.9 Å². The Morgan fingerprint density at radius 1 is 0.469 bits per heavy atom. The minimum atomic E-state index is 0.917. The van der Waals surface area contributed by atoms with Crippen molar-refractivity contribution in [2.75, 3.05) is 0 Å². The van der Waals surface area contributed by atoms with Crippen LogP contribution in [0.25, 0.3) is 108 Å². The van der Waals surface area contributed by atoms with Gasteiger partial charge >= 0.3 is 0 Å². The summed E-state index contributed by atoms with van der Waals surface area (Å²) in [6, 6.07) is 52.6. The molecule has 226 valence electrons. The molecule has 0 amide bonds. The number of aromatic nitrogens is 4. The number of thiophene rings is 1. The van der Waals surface area contributed by atoms with Gasteiger partial charge < -0.3 is 4.57 Å². The minimum Gasteiger partial charge on any atom is -0.309 e. The number of benzene rings is 7. The first kappa shape index (κ1) is 25.7. The van der Waals surface area contributed by atoms with Crippen molar-refractivity contribution in [1.29, 1.82) is 0 Å². The van der Waals surface area contributed by atoms with Crippen LogP contribution in [0.15, 0.2) is 146 Å². The van der Waals surface area contributed by atoms with Crippen molar-refractivity contribution in [3.8, 4) is 16.8 Å². The molecule has 49 heavy (non-hydrogen) atoms. The van der Waals surface area contributed by atoms with Gasteiger partial charge in [-0.1, -0.05) is 78.9 Å². The van der Waals surface area contributed by atoms with E-state index in [1.54, 1.807) is 0 Å². The second-order valence-electron chi connectivity index (χ2n) is 13.0. The van der Waals surface area contributed by atoms with Gasteiger partial charge in [0.2, 0.25) is 0 Å². The van der Waals surface area contributed by atoms with Crippen molar-refractivity contribution in [2.24, 2.45) is 0 Å². The average Bonchev–Trinajstić information content (AvgIpc) is 3.89. The Bertz CT molecular complexity index is 3330. The molecule has 5 heteroatoms. The summed E-state index contributed by atoms with van der Waals surface area (Å²) < 4.78 is 7.32. The first-order chi connectivity index (χ1) is 24.3. The van der Waals surface area contributed by atoms with Gasteiger partial charge in [0.15, 0.2) is 5.65 Å². The summed E-state index contributed by atoms with van der Waals surface area (Å²) in [6.07, 6.45) is 0. The number of hydrogen-bond donors (Lipinski definition) is 0. The number of fused-ring (bicyclic) bond motifs is 14. The molecule has 4 nitrogen and oxygen atoms in total. The maximum Gasteiger partial charge on any atom is 0.165 e. The molecule has 5 heterocycles. The quantitative estimate of drug-likeness (QED) is 0.188. The van der Waals surface area contributed by atoms with Crippen LogP contribution < -0.4 is 0 Å². The maximum atomic E-state index is 5.21. The van der Waals surface area contributed by atoms with Gasteiger partial charge in [0.1, 0.15) is 5.52 Å². The molecule has 0 saturated heterocycles. The third kappa shape index (κ3) is 3.32. The van der Waals surface area contributed by atoms with Crippen molar-refractivity contribution < 1.29 is 0 Å². The molecular weight excluding hydrogens is 617 g/mol. The zero-order valence-corrected chi connectivity index (χ0v) is 26.9. The van der Waals surface area contributed by atoms with E-state index in [2.05, 4.69) is 142 Å². The van der Waals surface area contributed by atoms with Gasteiger partial charge in [-0.3, -0.25) is 4.40 Å². The molecular formula is C44H24N4S. The molecule has 0 bridgehead atoms. The molecule has 12 aromatic rings. The molecule has 0 atom stereocenters. The monoisotopic (exact) mass is 640 g/mol. The van der Waals surface area contributed by atoms with Gasteiger partial charge in [-0.25, -0.2) is 9.97 Å². The Labute approximate surface area is 283 Å². The van der Waals surface area contributed by atoms with Crippen LogP contribution in [0.5, 0.6) is 0 Å². The van der Waals surface area contributed by atoms with E-state index in [1.165, 1.54) is 80.6 Å². The average molecular weight is 641 g/mol. The Kier molecular flexibility index (Phi) is 4.83. The molecule has 5 aromatic heterocycles. The summed E-state index contributed by atoms with van der Waals surface area (Å²) in [5.74, 6) is 0. The molecule has 0 N–H and O–H groups in total. The molecule has 0 radical (unpaired) electrons. The molecule has 0 saturated carbocycles. The smallest absolute Gasteiger partial charge is 0.165 e. The Hall–Kier alpha value is -6.30. The summed E-state index contributed by atoms with van der Waals surface area (Å²) >= 11 is 1.89. The fourth-order valence-corrected chi connectivity index (χ4v) is 9.52. The fourth-order valence-electron chi connectivity index (χ4n) is 8.30. The summed E-state index contributed by atoms with van der Waals surface area (Å²) in [7, 11) is 0. The highest BCUT2D eigenvalue weighted by Crippen LogP contribution is 2.48. The van der Waals surface area contributed by atoms with Crippen LogP contribution in [0.4, 0.5) is 0 Å². The predicted molar refractivity (Wildman–Crippen MR) is 207 cm³/mol. The highest BCUT2D eigenvalue weighted by atomic mass is 32.1. The molecule has 0 aliphatic carbocycles. The first-order valence-corrected chi connectivity index (χ1v) is 17.4.